The lowest BCUT2D eigenvalue weighted by Gasteiger charge is -2.11. The van der Waals surface area contributed by atoms with Gasteiger partial charge in [0.05, 0.1) is 17.2 Å². The normalized spacial score (nSPS) is 10.9. The third-order valence-electron chi connectivity index (χ3n) is 3.88. The smallest absolute Gasteiger partial charge is 0.174 e. The Labute approximate surface area is 158 Å². The molecule has 0 aromatic heterocycles. The molecule has 0 heterocycles. The minimum absolute atomic E-state index is 0.243. The van der Waals surface area contributed by atoms with Crippen molar-refractivity contribution in [1.82, 2.24) is 0 Å². The van der Waals surface area contributed by atoms with Gasteiger partial charge in [0.15, 0.2) is 5.84 Å². The van der Waals surface area contributed by atoms with E-state index < -0.39 is 0 Å². The van der Waals surface area contributed by atoms with Crippen molar-refractivity contribution in [2.24, 2.45) is 10.9 Å². The fourth-order valence-electron chi connectivity index (χ4n) is 2.44. The minimum atomic E-state index is 0.243. The molecule has 0 aliphatic heterocycles. The second-order valence-electron chi connectivity index (χ2n) is 5.83. The molecular formula is C22H19N3O2. The molecule has 3 aromatic carbocycles. The molecule has 0 atom stereocenters. The molecule has 0 unspecified atom stereocenters. The summed E-state index contributed by atoms with van der Waals surface area (Å²) in [5.41, 5.74) is 9.33. The Kier molecular flexibility index (Phi) is 6.05. The van der Waals surface area contributed by atoms with Gasteiger partial charge in [-0.15, -0.1) is 0 Å². The molecule has 134 valence electrons. The summed E-state index contributed by atoms with van der Waals surface area (Å²) in [5, 5.41) is 12.8. The maximum absolute atomic E-state index is 8.81. The summed E-state index contributed by atoms with van der Waals surface area (Å²) >= 11 is 0. The van der Waals surface area contributed by atoms with Crippen molar-refractivity contribution in [1.29, 1.82) is 5.26 Å². The molecule has 27 heavy (non-hydrogen) atoms. The first-order valence-electron chi connectivity index (χ1n) is 8.47. The summed E-state index contributed by atoms with van der Waals surface area (Å²) in [4.78, 5) is 5.35. The van der Waals surface area contributed by atoms with Crippen molar-refractivity contribution < 1.29 is 9.57 Å². The second kappa shape index (κ2) is 9.07. The first-order chi connectivity index (χ1) is 13.3. The Morgan fingerprint density at radius 3 is 2.26 bits per heavy atom. The number of rotatable bonds is 7. The number of oxime groups is 1. The number of benzene rings is 3. The molecule has 0 amide bonds. The molecule has 0 saturated carbocycles. The number of hydrogen-bond donors (Lipinski definition) is 1. The van der Waals surface area contributed by atoms with Crippen LogP contribution < -0.4 is 10.5 Å². The summed E-state index contributed by atoms with van der Waals surface area (Å²) in [5.74, 6) is 0.886. The Bertz CT molecular complexity index is 945. The van der Waals surface area contributed by atoms with Crippen LogP contribution in [-0.4, -0.2) is 5.84 Å². The largest absolute Gasteiger partial charge is 0.488 e. The van der Waals surface area contributed by atoms with E-state index in [0.717, 1.165) is 11.1 Å². The second-order valence-corrected chi connectivity index (χ2v) is 5.83. The highest BCUT2D eigenvalue weighted by Gasteiger charge is 2.08. The predicted molar refractivity (Wildman–Crippen MR) is 104 cm³/mol. The molecule has 0 spiro atoms. The van der Waals surface area contributed by atoms with E-state index in [4.69, 9.17) is 20.6 Å². The summed E-state index contributed by atoms with van der Waals surface area (Å²) in [6, 6.07) is 26.5. The van der Waals surface area contributed by atoms with E-state index in [0.29, 0.717) is 23.5 Å². The quantitative estimate of drug-likeness (QED) is 0.394. The maximum Gasteiger partial charge on any atom is 0.174 e. The molecule has 0 saturated heterocycles. The van der Waals surface area contributed by atoms with Crippen LogP contribution in [0.1, 0.15) is 22.3 Å². The zero-order chi connectivity index (χ0) is 18.9. The van der Waals surface area contributed by atoms with Crippen molar-refractivity contribution in [2.75, 3.05) is 0 Å². The van der Waals surface area contributed by atoms with Gasteiger partial charge in [-0.25, -0.2) is 0 Å². The lowest BCUT2D eigenvalue weighted by atomic mass is 10.2. The molecule has 3 aromatic rings. The molecular weight excluding hydrogens is 338 g/mol. The van der Waals surface area contributed by atoms with Crippen molar-refractivity contribution in [2.45, 2.75) is 13.2 Å². The summed E-state index contributed by atoms with van der Waals surface area (Å²) in [6.07, 6.45) is 0. The van der Waals surface area contributed by atoms with E-state index in [1.165, 1.54) is 0 Å². The minimum Gasteiger partial charge on any atom is -0.488 e. The molecule has 0 fully saturated rings. The van der Waals surface area contributed by atoms with Crippen LogP contribution in [0, 0.1) is 11.3 Å². The van der Waals surface area contributed by atoms with Gasteiger partial charge < -0.3 is 15.3 Å². The first-order valence-corrected chi connectivity index (χ1v) is 8.47. The van der Waals surface area contributed by atoms with Gasteiger partial charge in [-0.2, -0.15) is 5.26 Å². The van der Waals surface area contributed by atoms with E-state index >= 15 is 0 Å². The number of hydrogen-bond acceptors (Lipinski definition) is 4. The molecule has 5 nitrogen and oxygen atoms in total. The average Bonchev–Trinajstić information content (AvgIpc) is 2.73. The van der Waals surface area contributed by atoms with Crippen LogP contribution in [0.25, 0.3) is 0 Å². The lowest BCUT2D eigenvalue weighted by molar-refractivity contribution is 0.130. The van der Waals surface area contributed by atoms with E-state index in [9.17, 15) is 0 Å². The van der Waals surface area contributed by atoms with Crippen LogP contribution in [0.4, 0.5) is 0 Å². The molecule has 5 heteroatoms. The van der Waals surface area contributed by atoms with Gasteiger partial charge in [-0.1, -0.05) is 59.8 Å². The third-order valence-corrected chi connectivity index (χ3v) is 3.88. The Morgan fingerprint density at radius 1 is 0.852 bits per heavy atom. The summed E-state index contributed by atoms with van der Waals surface area (Å²) in [7, 11) is 0. The van der Waals surface area contributed by atoms with Gasteiger partial charge >= 0.3 is 0 Å². The fourth-order valence-corrected chi connectivity index (χ4v) is 2.44. The topological polar surface area (TPSA) is 80.6 Å². The summed E-state index contributed by atoms with van der Waals surface area (Å²) < 4.78 is 5.89. The van der Waals surface area contributed by atoms with E-state index in [-0.39, 0.29) is 12.4 Å². The van der Waals surface area contributed by atoms with Gasteiger partial charge in [-0.3, -0.25) is 0 Å². The van der Waals surface area contributed by atoms with Crippen LogP contribution in [0.2, 0.25) is 0 Å². The Balaban J connectivity index is 1.64. The number of ether oxygens (including phenoxy) is 1. The van der Waals surface area contributed by atoms with Gasteiger partial charge in [0.25, 0.3) is 0 Å². The van der Waals surface area contributed by atoms with E-state index in [1.54, 1.807) is 12.1 Å². The van der Waals surface area contributed by atoms with Crippen LogP contribution in [0.5, 0.6) is 5.75 Å². The lowest BCUT2D eigenvalue weighted by Crippen LogP contribution is -2.15. The number of nitrogens with zero attached hydrogens (tertiary/aromatic N) is 2. The average molecular weight is 357 g/mol. The van der Waals surface area contributed by atoms with E-state index in [2.05, 4.69) is 11.2 Å². The highest BCUT2D eigenvalue weighted by Crippen LogP contribution is 2.19. The zero-order valence-corrected chi connectivity index (χ0v) is 14.7. The van der Waals surface area contributed by atoms with Gasteiger partial charge in [0.2, 0.25) is 0 Å². The number of para-hydroxylation sites is 1. The Hall–Kier alpha value is -3.78. The SMILES string of the molecule is N#Cc1ccc(CO/N=C(\N)c2ccccc2OCc2ccccc2)cc1. The van der Waals surface area contributed by atoms with Gasteiger partial charge in [-0.05, 0) is 35.4 Å². The zero-order valence-electron chi connectivity index (χ0n) is 14.7. The highest BCUT2D eigenvalue weighted by molar-refractivity contribution is 5.99. The number of amidine groups is 1. The van der Waals surface area contributed by atoms with Crippen LogP contribution >= 0.6 is 0 Å². The van der Waals surface area contributed by atoms with Crippen molar-refractivity contribution in [3.8, 4) is 11.8 Å². The van der Waals surface area contributed by atoms with Gasteiger partial charge in [0.1, 0.15) is 19.0 Å². The molecule has 0 aliphatic rings. The van der Waals surface area contributed by atoms with Crippen molar-refractivity contribution in [3.05, 3.63) is 101 Å². The predicted octanol–water partition coefficient (Wildman–Crippen LogP) is 3.97. The third kappa shape index (κ3) is 5.10. The molecule has 2 N–H and O–H groups in total. The van der Waals surface area contributed by atoms with Crippen LogP contribution in [-0.2, 0) is 18.1 Å². The monoisotopic (exact) mass is 357 g/mol. The van der Waals surface area contributed by atoms with Crippen LogP contribution in [0.3, 0.4) is 0 Å². The molecule has 0 aliphatic carbocycles. The summed E-state index contributed by atoms with van der Waals surface area (Å²) in [6.45, 7) is 0.705. The Morgan fingerprint density at radius 2 is 1.52 bits per heavy atom. The van der Waals surface area contributed by atoms with Gasteiger partial charge in [0, 0.05) is 0 Å². The fraction of sp³-hybridized carbons (Fsp3) is 0.0909. The molecule has 0 radical (unpaired) electrons. The maximum atomic E-state index is 8.81. The number of nitriles is 1. The standard InChI is InChI=1S/C22H19N3O2/c23-14-17-10-12-19(13-11-17)16-27-25-22(24)20-8-4-5-9-21(20)26-15-18-6-2-1-3-7-18/h1-13H,15-16H2,(H2,24,25). The van der Waals surface area contributed by atoms with Crippen LogP contribution in [0.15, 0.2) is 84.0 Å². The number of nitrogens with two attached hydrogens (primary N) is 1. The van der Waals surface area contributed by atoms with Crippen molar-refractivity contribution in [3.63, 3.8) is 0 Å². The molecule has 0 bridgehead atoms. The van der Waals surface area contributed by atoms with E-state index in [1.807, 2.05) is 66.7 Å². The van der Waals surface area contributed by atoms with Crippen molar-refractivity contribution >= 4 is 5.84 Å². The highest BCUT2D eigenvalue weighted by atomic mass is 16.6. The molecule has 3 rings (SSSR count). The first kappa shape index (κ1) is 18.0.